The molecule has 0 aromatic heterocycles. The molecular formula is C15H13NO4S. The molecule has 21 heavy (non-hydrogen) atoms. The van der Waals surface area contributed by atoms with Crippen LogP contribution in [0.4, 0.5) is 4.79 Å². The number of benzene rings is 1. The van der Waals surface area contributed by atoms with Crippen molar-refractivity contribution in [3.63, 3.8) is 0 Å². The lowest BCUT2D eigenvalue weighted by Crippen LogP contribution is -2.17. The van der Waals surface area contributed by atoms with E-state index in [1.165, 1.54) is 7.11 Å². The van der Waals surface area contributed by atoms with Gasteiger partial charge >= 0.3 is 0 Å². The van der Waals surface area contributed by atoms with Crippen molar-refractivity contribution >= 4 is 29.0 Å². The quantitative estimate of drug-likeness (QED) is 0.661. The first-order valence-corrected chi connectivity index (χ1v) is 6.87. The number of rotatable bonds is 4. The van der Waals surface area contributed by atoms with Crippen LogP contribution in [0.5, 0.6) is 11.5 Å². The average Bonchev–Trinajstić information content (AvgIpc) is 2.78. The number of aromatic hydroxyl groups is 1. The van der Waals surface area contributed by atoms with Crippen LogP contribution in [0.2, 0.25) is 0 Å². The normalized spacial score (nSPS) is 17.1. The minimum absolute atomic E-state index is 0.0869. The molecule has 1 aliphatic heterocycles. The number of thioether (sulfide) groups is 1. The van der Waals surface area contributed by atoms with Crippen LogP contribution >= 0.6 is 11.8 Å². The SMILES string of the molecule is COc1cc(/C=C/C=C/C=C2/SC(=O)NC2=O)ccc1O. The van der Waals surface area contributed by atoms with Gasteiger partial charge in [0.2, 0.25) is 0 Å². The lowest BCUT2D eigenvalue weighted by Gasteiger charge is -2.03. The van der Waals surface area contributed by atoms with Gasteiger partial charge in [0.1, 0.15) is 0 Å². The standard InChI is InChI=1S/C15H13NO4S/c1-20-12-9-10(7-8-11(12)17)5-3-2-4-6-13-14(18)16-15(19)21-13/h2-9,17H,1H3,(H,16,18,19)/b4-2+,5-3+,13-6+. The molecule has 0 saturated carbocycles. The number of hydrogen-bond donors (Lipinski definition) is 2. The molecule has 0 bridgehead atoms. The summed E-state index contributed by atoms with van der Waals surface area (Å²) in [6.45, 7) is 0. The highest BCUT2D eigenvalue weighted by atomic mass is 32.2. The van der Waals surface area contributed by atoms with Crippen molar-refractivity contribution < 1.29 is 19.4 Å². The number of amides is 2. The Kier molecular flexibility index (Phi) is 4.84. The summed E-state index contributed by atoms with van der Waals surface area (Å²) < 4.78 is 5.01. The zero-order chi connectivity index (χ0) is 15.2. The number of hydrogen-bond acceptors (Lipinski definition) is 5. The maximum atomic E-state index is 11.3. The Hall–Kier alpha value is -2.47. The Bertz CT molecular complexity index is 662. The molecule has 2 N–H and O–H groups in total. The number of phenols is 1. The first kappa shape index (κ1) is 14.9. The Morgan fingerprint density at radius 1 is 1.24 bits per heavy atom. The molecule has 6 heteroatoms. The molecule has 2 rings (SSSR count). The highest BCUT2D eigenvalue weighted by molar-refractivity contribution is 8.18. The van der Waals surface area contributed by atoms with Crippen molar-refractivity contribution in [1.82, 2.24) is 5.32 Å². The van der Waals surface area contributed by atoms with Gasteiger partial charge in [-0.3, -0.25) is 14.9 Å². The summed E-state index contributed by atoms with van der Waals surface area (Å²) in [5.74, 6) is 0.117. The molecule has 1 fully saturated rings. The molecule has 0 spiro atoms. The van der Waals surface area contributed by atoms with E-state index in [4.69, 9.17) is 4.74 Å². The van der Waals surface area contributed by atoms with E-state index >= 15 is 0 Å². The maximum absolute atomic E-state index is 11.3. The largest absolute Gasteiger partial charge is 0.504 e. The summed E-state index contributed by atoms with van der Waals surface area (Å²) in [4.78, 5) is 22.6. The lowest BCUT2D eigenvalue weighted by molar-refractivity contribution is -0.115. The van der Waals surface area contributed by atoms with Crippen LogP contribution in [0.1, 0.15) is 5.56 Å². The molecule has 1 aromatic rings. The van der Waals surface area contributed by atoms with Crippen LogP contribution in [-0.4, -0.2) is 23.4 Å². The fourth-order valence-electron chi connectivity index (χ4n) is 1.61. The second kappa shape index (κ2) is 6.81. The summed E-state index contributed by atoms with van der Waals surface area (Å²) in [7, 11) is 1.49. The van der Waals surface area contributed by atoms with Crippen LogP contribution in [0.15, 0.2) is 47.4 Å². The highest BCUT2D eigenvalue weighted by Crippen LogP contribution is 2.26. The second-order valence-electron chi connectivity index (χ2n) is 4.05. The fourth-order valence-corrected chi connectivity index (χ4v) is 2.24. The van der Waals surface area contributed by atoms with Gasteiger partial charge < -0.3 is 9.84 Å². The smallest absolute Gasteiger partial charge is 0.290 e. The minimum atomic E-state index is -0.373. The van der Waals surface area contributed by atoms with E-state index in [1.807, 2.05) is 6.08 Å². The third-order valence-corrected chi connectivity index (χ3v) is 3.43. The Morgan fingerprint density at radius 2 is 2.05 bits per heavy atom. The van der Waals surface area contributed by atoms with Crippen molar-refractivity contribution in [3.05, 3.63) is 53.0 Å². The van der Waals surface area contributed by atoms with Gasteiger partial charge in [0.05, 0.1) is 12.0 Å². The van der Waals surface area contributed by atoms with Crippen molar-refractivity contribution in [2.45, 2.75) is 0 Å². The zero-order valence-electron chi connectivity index (χ0n) is 11.2. The summed E-state index contributed by atoms with van der Waals surface area (Å²) in [6, 6.07) is 5.01. The molecule has 1 aromatic carbocycles. The minimum Gasteiger partial charge on any atom is -0.504 e. The fraction of sp³-hybridized carbons (Fsp3) is 0.0667. The summed E-state index contributed by atoms with van der Waals surface area (Å²) >= 11 is 0.876. The Balaban J connectivity index is 1.99. The topological polar surface area (TPSA) is 75.6 Å². The van der Waals surface area contributed by atoms with Crippen LogP contribution in [0, 0.1) is 0 Å². The zero-order valence-corrected chi connectivity index (χ0v) is 12.0. The molecule has 2 amide bonds. The van der Waals surface area contributed by atoms with Crippen molar-refractivity contribution in [2.24, 2.45) is 0 Å². The maximum Gasteiger partial charge on any atom is 0.290 e. The average molecular weight is 303 g/mol. The third-order valence-electron chi connectivity index (χ3n) is 2.60. The van der Waals surface area contributed by atoms with E-state index < -0.39 is 0 Å². The van der Waals surface area contributed by atoms with E-state index in [2.05, 4.69) is 5.32 Å². The number of phenolic OH excluding ortho intramolecular Hbond substituents is 1. The first-order valence-electron chi connectivity index (χ1n) is 6.05. The third kappa shape index (κ3) is 4.00. The molecule has 1 aliphatic rings. The monoisotopic (exact) mass is 303 g/mol. The first-order chi connectivity index (χ1) is 10.1. The molecule has 108 valence electrons. The van der Waals surface area contributed by atoms with Crippen molar-refractivity contribution in [2.75, 3.05) is 7.11 Å². The lowest BCUT2D eigenvalue weighted by atomic mass is 10.2. The number of carbonyl (C=O) groups is 2. The predicted octanol–water partition coefficient (Wildman–Crippen LogP) is 2.84. The van der Waals surface area contributed by atoms with Crippen molar-refractivity contribution in [3.8, 4) is 11.5 Å². The number of allylic oxidation sites excluding steroid dienone is 4. The van der Waals surface area contributed by atoms with Crippen LogP contribution in [0.25, 0.3) is 6.08 Å². The molecule has 0 unspecified atom stereocenters. The predicted molar refractivity (Wildman–Crippen MR) is 82.0 cm³/mol. The summed E-state index contributed by atoms with van der Waals surface area (Å²) in [5.41, 5.74) is 0.866. The summed E-state index contributed by atoms with van der Waals surface area (Å²) in [6.07, 6.45) is 8.59. The molecule has 1 heterocycles. The van der Waals surface area contributed by atoms with Crippen molar-refractivity contribution in [1.29, 1.82) is 0 Å². The van der Waals surface area contributed by atoms with Crippen LogP contribution in [0.3, 0.4) is 0 Å². The van der Waals surface area contributed by atoms with Gasteiger partial charge in [-0.15, -0.1) is 0 Å². The van der Waals surface area contributed by atoms with Gasteiger partial charge in [-0.25, -0.2) is 0 Å². The molecule has 0 aliphatic carbocycles. The number of imide groups is 1. The number of methoxy groups -OCH3 is 1. The van der Waals surface area contributed by atoms with E-state index in [-0.39, 0.29) is 16.9 Å². The summed E-state index contributed by atoms with van der Waals surface area (Å²) in [5, 5.41) is 11.3. The Morgan fingerprint density at radius 3 is 2.71 bits per heavy atom. The van der Waals surface area contributed by atoms with Gasteiger partial charge in [-0.2, -0.15) is 0 Å². The van der Waals surface area contributed by atoms with Crippen LogP contribution in [-0.2, 0) is 4.79 Å². The van der Waals surface area contributed by atoms with E-state index in [1.54, 1.807) is 42.5 Å². The molecule has 0 radical (unpaired) electrons. The number of ether oxygens (including phenoxy) is 1. The van der Waals surface area contributed by atoms with Crippen LogP contribution < -0.4 is 10.1 Å². The Labute approximate surface area is 126 Å². The number of nitrogens with one attached hydrogen (secondary N) is 1. The van der Waals surface area contributed by atoms with E-state index in [0.717, 1.165) is 17.3 Å². The second-order valence-corrected chi connectivity index (χ2v) is 5.06. The highest BCUT2D eigenvalue weighted by Gasteiger charge is 2.23. The van der Waals surface area contributed by atoms with Gasteiger partial charge in [0, 0.05) is 0 Å². The molecule has 0 atom stereocenters. The van der Waals surface area contributed by atoms with Gasteiger partial charge in [0.15, 0.2) is 11.5 Å². The van der Waals surface area contributed by atoms with Gasteiger partial charge in [-0.05, 0) is 35.5 Å². The van der Waals surface area contributed by atoms with Gasteiger partial charge in [-0.1, -0.05) is 30.4 Å². The van der Waals surface area contributed by atoms with Gasteiger partial charge in [0.25, 0.3) is 11.1 Å². The molecule has 5 nitrogen and oxygen atoms in total. The molecular weight excluding hydrogens is 290 g/mol. The molecule has 1 saturated heterocycles. The number of carbonyl (C=O) groups excluding carboxylic acids is 2. The van der Waals surface area contributed by atoms with E-state index in [9.17, 15) is 14.7 Å². The van der Waals surface area contributed by atoms with E-state index in [0.29, 0.717) is 10.7 Å².